The number of hydrogen-bond acceptors (Lipinski definition) is 3. The normalized spacial score (nSPS) is 10.7. The summed E-state index contributed by atoms with van der Waals surface area (Å²) < 4.78 is 5.02. The van der Waals surface area contributed by atoms with Gasteiger partial charge in [0, 0.05) is 12.2 Å². The Balaban J connectivity index is 2.07. The quantitative estimate of drug-likeness (QED) is 0.843. The van der Waals surface area contributed by atoms with E-state index in [4.69, 9.17) is 27.6 Å². The maximum Gasteiger partial charge on any atom is 0.291 e. The Morgan fingerprint density at radius 1 is 1.13 bits per heavy atom. The summed E-state index contributed by atoms with van der Waals surface area (Å²) in [6.07, 6.45) is 0. The smallest absolute Gasteiger partial charge is 0.291 e. The molecule has 2 N–H and O–H groups in total. The van der Waals surface area contributed by atoms with Gasteiger partial charge in [0.1, 0.15) is 0 Å². The van der Waals surface area contributed by atoms with Crippen LogP contribution in [0.2, 0.25) is 10.2 Å². The second-order valence-electron chi connectivity index (χ2n) is 5.36. The number of halogens is 2. The lowest BCUT2D eigenvalue weighted by molar-refractivity contribution is 0.0948. The van der Waals surface area contributed by atoms with Gasteiger partial charge < -0.3 is 15.1 Å². The number of rotatable bonds is 5. The number of nitrogens with one attached hydrogen (secondary N) is 2. The first-order chi connectivity index (χ1) is 10.9. The van der Waals surface area contributed by atoms with E-state index in [2.05, 4.69) is 10.6 Å². The van der Waals surface area contributed by atoms with E-state index in [0.29, 0.717) is 23.7 Å². The molecular weight excluding hydrogens is 339 g/mol. The van der Waals surface area contributed by atoms with Gasteiger partial charge in [-0.25, -0.2) is 0 Å². The molecule has 0 saturated carbocycles. The van der Waals surface area contributed by atoms with Gasteiger partial charge in [-0.2, -0.15) is 0 Å². The molecule has 0 aliphatic rings. The zero-order chi connectivity index (χ0) is 17.0. The van der Waals surface area contributed by atoms with Crippen molar-refractivity contribution in [3.63, 3.8) is 0 Å². The van der Waals surface area contributed by atoms with Crippen molar-refractivity contribution in [2.75, 3.05) is 11.9 Å². The molecule has 0 bridgehead atoms. The molecule has 0 atom stereocenters. The largest absolute Gasteiger partial charge is 0.440 e. The number of amides is 2. The monoisotopic (exact) mass is 354 g/mol. The van der Waals surface area contributed by atoms with Gasteiger partial charge >= 0.3 is 0 Å². The van der Waals surface area contributed by atoms with Crippen LogP contribution in [-0.2, 0) is 0 Å². The fourth-order valence-electron chi connectivity index (χ4n) is 1.80. The molecule has 0 aliphatic carbocycles. The van der Waals surface area contributed by atoms with Crippen LogP contribution in [0.25, 0.3) is 0 Å². The average Bonchev–Trinajstić information content (AvgIpc) is 2.91. The third kappa shape index (κ3) is 4.74. The molecule has 1 heterocycles. The van der Waals surface area contributed by atoms with E-state index in [0.717, 1.165) is 0 Å². The van der Waals surface area contributed by atoms with Crippen molar-refractivity contribution >= 4 is 40.7 Å². The molecule has 23 heavy (non-hydrogen) atoms. The molecule has 2 amide bonds. The summed E-state index contributed by atoms with van der Waals surface area (Å²) in [5, 5.41) is 5.79. The molecule has 1 aromatic heterocycles. The summed E-state index contributed by atoms with van der Waals surface area (Å²) >= 11 is 11.7. The van der Waals surface area contributed by atoms with Crippen LogP contribution in [0.5, 0.6) is 0 Å². The fraction of sp³-hybridized carbons (Fsp3) is 0.250. The first kappa shape index (κ1) is 17.4. The Hall–Kier alpha value is -1.98. The molecule has 0 fully saturated rings. The molecule has 0 spiro atoms. The van der Waals surface area contributed by atoms with Crippen molar-refractivity contribution in [1.82, 2.24) is 5.32 Å². The minimum Gasteiger partial charge on any atom is -0.440 e. The van der Waals surface area contributed by atoms with Crippen molar-refractivity contribution in [3.05, 3.63) is 51.9 Å². The van der Waals surface area contributed by atoms with Gasteiger partial charge in [0.15, 0.2) is 11.0 Å². The van der Waals surface area contributed by atoms with E-state index >= 15 is 0 Å². The number of furan rings is 1. The molecule has 0 aliphatic heterocycles. The topological polar surface area (TPSA) is 71.3 Å². The Morgan fingerprint density at radius 2 is 1.87 bits per heavy atom. The molecule has 2 aromatic rings. The summed E-state index contributed by atoms with van der Waals surface area (Å²) in [5.74, 6) is -0.273. The average molecular weight is 355 g/mol. The second-order valence-corrected chi connectivity index (χ2v) is 6.14. The number of carbonyl (C=O) groups is 2. The van der Waals surface area contributed by atoms with Crippen LogP contribution in [-0.4, -0.2) is 18.4 Å². The van der Waals surface area contributed by atoms with E-state index in [1.54, 1.807) is 12.1 Å². The van der Waals surface area contributed by atoms with Crippen LogP contribution in [0.15, 0.2) is 34.7 Å². The third-order valence-electron chi connectivity index (χ3n) is 2.94. The standard InChI is InChI=1S/C16H16Cl2N2O3/c1-9(2)8-19-15(21)11-4-3-10(7-12(11)17)20-16(22)13-5-6-14(18)23-13/h3-7,9H,8H2,1-2H3,(H,19,21)(H,20,22). The predicted octanol–water partition coefficient (Wildman–Crippen LogP) is 4.22. The highest BCUT2D eigenvalue weighted by atomic mass is 35.5. The van der Waals surface area contributed by atoms with Crippen LogP contribution >= 0.6 is 23.2 Å². The van der Waals surface area contributed by atoms with Gasteiger partial charge in [-0.3, -0.25) is 9.59 Å². The van der Waals surface area contributed by atoms with E-state index in [1.165, 1.54) is 18.2 Å². The summed E-state index contributed by atoms with van der Waals surface area (Å²) in [5.41, 5.74) is 0.805. The van der Waals surface area contributed by atoms with Gasteiger partial charge in [-0.05, 0) is 47.9 Å². The van der Waals surface area contributed by atoms with Crippen LogP contribution in [0, 0.1) is 5.92 Å². The van der Waals surface area contributed by atoms with Gasteiger partial charge in [-0.15, -0.1) is 0 Å². The summed E-state index contributed by atoms with van der Waals surface area (Å²) in [7, 11) is 0. The SMILES string of the molecule is CC(C)CNC(=O)c1ccc(NC(=O)c2ccc(Cl)o2)cc1Cl. The highest BCUT2D eigenvalue weighted by Gasteiger charge is 2.14. The van der Waals surface area contributed by atoms with Crippen LogP contribution in [0.1, 0.15) is 34.8 Å². The Morgan fingerprint density at radius 3 is 2.43 bits per heavy atom. The van der Waals surface area contributed by atoms with Gasteiger partial charge in [0.2, 0.25) is 0 Å². The molecule has 1 aromatic carbocycles. The lowest BCUT2D eigenvalue weighted by atomic mass is 10.1. The lowest BCUT2D eigenvalue weighted by Gasteiger charge is -2.10. The van der Waals surface area contributed by atoms with Crippen molar-refractivity contribution < 1.29 is 14.0 Å². The lowest BCUT2D eigenvalue weighted by Crippen LogP contribution is -2.27. The van der Waals surface area contributed by atoms with Gasteiger partial charge in [0.05, 0.1) is 10.6 Å². The third-order valence-corrected chi connectivity index (χ3v) is 3.46. The van der Waals surface area contributed by atoms with Crippen LogP contribution in [0.4, 0.5) is 5.69 Å². The van der Waals surface area contributed by atoms with E-state index in [1.807, 2.05) is 13.8 Å². The second kappa shape index (κ2) is 7.53. The van der Waals surface area contributed by atoms with Crippen LogP contribution < -0.4 is 10.6 Å². The molecule has 0 unspecified atom stereocenters. The summed E-state index contributed by atoms with van der Waals surface area (Å²) in [6, 6.07) is 7.61. The summed E-state index contributed by atoms with van der Waals surface area (Å²) in [4.78, 5) is 24.0. The molecular formula is C16H16Cl2N2O3. The Labute approximate surface area is 144 Å². The molecule has 122 valence electrons. The Kier molecular flexibility index (Phi) is 5.69. The number of carbonyl (C=O) groups excluding carboxylic acids is 2. The number of benzene rings is 1. The molecule has 2 rings (SSSR count). The van der Waals surface area contributed by atoms with Crippen molar-refractivity contribution in [3.8, 4) is 0 Å². The Bertz CT molecular complexity index is 726. The zero-order valence-corrected chi connectivity index (χ0v) is 14.2. The summed E-state index contributed by atoms with van der Waals surface area (Å²) in [6.45, 7) is 4.57. The predicted molar refractivity (Wildman–Crippen MR) is 90.3 cm³/mol. The van der Waals surface area contributed by atoms with E-state index in [-0.39, 0.29) is 21.9 Å². The first-order valence-corrected chi connectivity index (χ1v) is 7.77. The molecule has 0 saturated heterocycles. The van der Waals surface area contributed by atoms with Crippen molar-refractivity contribution in [2.45, 2.75) is 13.8 Å². The van der Waals surface area contributed by atoms with Crippen molar-refractivity contribution in [2.24, 2.45) is 5.92 Å². The zero-order valence-electron chi connectivity index (χ0n) is 12.7. The number of hydrogen-bond donors (Lipinski definition) is 2. The van der Waals surface area contributed by atoms with Crippen molar-refractivity contribution in [1.29, 1.82) is 0 Å². The highest BCUT2D eigenvalue weighted by molar-refractivity contribution is 6.34. The molecule has 5 nitrogen and oxygen atoms in total. The minimum atomic E-state index is -0.454. The van der Waals surface area contributed by atoms with Gasteiger partial charge in [0.25, 0.3) is 11.8 Å². The minimum absolute atomic E-state index is 0.0878. The maximum absolute atomic E-state index is 12.0. The molecule has 0 radical (unpaired) electrons. The van der Waals surface area contributed by atoms with Gasteiger partial charge in [-0.1, -0.05) is 25.4 Å². The highest BCUT2D eigenvalue weighted by Crippen LogP contribution is 2.22. The van der Waals surface area contributed by atoms with Crippen LogP contribution in [0.3, 0.4) is 0 Å². The fourth-order valence-corrected chi connectivity index (χ4v) is 2.21. The molecule has 7 heteroatoms. The maximum atomic E-state index is 12.0. The van der Waals surface area contributed by atoms with E-state index < -0.39 is 5.91 Å². The van der Waals surface area contributed by atoms with E-state index in [9.17, 15) is 9.59 Å². The first-order valence-electron chi connectivity index (χ1n) is 7.01. The number of anilines is 1.